The second-order valence-corrected chi connectivity index (χ2v) is 6.58. The van der Waals surface area contributed by atoms with Gasteiger partial charge >= 0.3 is 11.9 Å². The number of hydrogen-bond donors (Lipinski definition) is 1. The number of nitrogens with zero attached hydrogens (tertiary/aromatic N) is 3. The largest absolute Gasteiger partial charge is 0.480 e. The van der Waals surface area contributed by atoms with Crippen LogP contribution in [-0.4, -0.2) is 59.7 Å². The summed E-state index contributed by atoms with van der Waals surface area (Å²) in [6.45, 7) is -0.147. The first-order valence-corrected chi connectivity index (χ1v) is 7.61. The van der Waals surface area contributed by atoms with Gasteiger partial charge in [0.2, 0.25) is 10.0 Å². The monoisotopic (exact) mass is 317 g/mol. The minimum Gasteiger partial charge on any atom is -0.480 e. The van der Waals surface area contributed by atoms with Crippen molar-refractivity contribution in [1.82, 2.24) is 14.1 Å². The molecule has 2 heterocycles. The van der Waals surface area contributed by atoms with E-state index in [1.165, 1.54) is 11.4 Å². The van der Waals surface area contributed by atoms with Gasteiger partial charge in [-0.3, -0.25) is 14.3 Å². The van der Waals surface area contributed by atoms with E-state index in [0.29, 0.717) is 6.42 Å². The predicted octanol–water partition coefficient (Wildman–Crippen LogP) is -0.849. The Morgan fingerprint density at radius 1 is 1.52 bits per heavy atom. The Kier molecular flexibility index (Phi) is 4.28. The SMILES string of the molecule is COC(=O)C1CCN(S(=O)(=O)c2cnn(CC(=O)O)c2)C1. The van der Waals surface area contributed by atoms with E-state index in [-0.39, 0.29) is 18.0 Å². The minimum atomic E-state index is -3.78. The molecule has 1 aromatic rings. The number of carboxylic acid groups (broad SMARTS) is 1. The van der Waals surface area contributed by atoms with Crippen LogP contribution in [0.1, 0.15) is 6.42 Å². The standard InChI is InChI=1S/C11H15N3O6S/c1-20-11(17)8-2-3-14(5-8)21(18,19)9-4-12-13(6-9)7-10(15)16/h4,6,8H,2-3,5,7H2,1H3,(H,15,16). The number of carboxylic acids is 1. The number of methoxy groups -OCH3 is 1. The van der Waals surface area contributed by atoms with Crippen molar-refractivity contribution in [2.45, 2.75) is 17.9 Å². The molecule has 0 bridgehead atoms. The van der Waals surface area contributed by atoms with Crippen molar-refractivity contribution in [3.8, 4) is 0 Å². The lowest BCUT2D eigenvalue weighted by Gasteiger charge is -2.14. The van der Waals surface area contributed by atoms with E-state index in [4.69, 9.17) is 5.11 Å². The number of rotatable bonds is 5. The average Bonchev–Trinajstić information content (AvgIpc) is 3.06. The molecule has 1 saturated heterocycles. The van der Waals surface area contributed by atoms with Gasteiger partial charge in [-0.2, -0.15) is 9.40 Å². The second kappa shape index (κ2) is 5.82. The highest BCUT2D eigenvalue weighted by Crippen LogP contribution is 2.24. The van der Waals surface area contributed by atoms with E-state index in [1.807, 2.05) is 0 Å². The fourth-order valence-corrected chi connectivity index (χ4v) is 3.61. The number of hydrogen-bond acceptors (Lipinski definition) is 6. The quantitative estimate of drug-likeness (QED) is 0.703. The van der Waals surface area contributed by atoms with E-state index in [1.54, 1.807) is 0 Å². The van der Waals surface area contributed by atoms with Crippen LogP contribution in [0.15, 0.2) is 17.3 Å². The van der Waals surface area contributed by atoms with Gasteiger partial charge in [0.05, 0.1) is 19.2 Å². The number of sulfonamides is 1. The lowest BCUT2D eigenvalue weighted by atomic mass is 10.1. The molecule has 10 heteroatoms. The number of esters is 1. The molecule has 0 amide bonds. The van der Waals surface area contributed by atoms with Crippen LogP contribution >= 0.6 is 0 Å². The Morgan fingerprint density at radius 2 is 2.24 bits per heavy atom. The van der Waals surface area contributed by atoms with Crippen LogP contribution in [0.2, 0.25) is 0 Å². The zero-order chi connectivity index (χ0) is 15.6. The summed E-state index contributed by atoms with van der Waals surface area (Å²) in [5.74, 6) is -2.03. The van der Waals surface area contributed by atoms with E-state index in [2.05, 4.69) is 9.84 Å². The predicted molar refractivity (Wildman–Crippen MR) is 68.7 cm³/mol. The highest BCUT2D eigenvalue weighted by molar-refractivity contribution is 7.89. The zero-order valence-corrected chi connectivity index (χ0v) is 12.1. The minimum absolute atomic E-state index is 0.0547. The Balaban J connectivity index is 2.14. The number of ether oxygens (including phenoxy) is 1. The molecule has 1 N–H and O–H groups in total. The summed E-state index contributed by atoms with van der Waals surface area (Å²) in [5.41, 5.74) is 0. The fraction of sp³-hybridized carbons (Fsp3) is 0.545. The smallest absolute Gasteiger partial charge is 0.325 e. The molecule has 116 valence electrons. The molecule has 0 radical (unpaired) electrons. The molecule has 1 unspecified atom stereocenters. The molecule has 1 fully saturated rings. The Labute approximate surface area is 121 Å². The molecule has 0 saturated carbocycles. The van der Waals surface area contributed by atoms with Gasteiger partial charge in [0.1, 0.15) is 11.4 Å². The van der Waals surface area contributed by atoms with E-state index < -0.39 is 34.4 Å². The van der Waals surface area contributed by atoms with Crippen LogP contribution in [0.5, 0.6) is 0 Å². The van der Waals surface area contributed by atoms with E-state index in [0.717, 1.165) is 17.1 Å². The van der Waals surface area contributed by atoms with Gasteiger partial charge < -0.3 is 9.84 Å². The van der Waals surface area contributed by atoms with Crippen molar-refractivity contribution < 1.29 is 27.9 Å². The third kappa shape index (κ3) is 3.22. The van der Waals surface area contributed by atoms with E-state index >= 15 is 0 Å². The highest BCUT2D eigenvalue weighted by atomic mass is 32.2. The first kappa shape index (κ1) is 15.4. The Hall–Kier alpha value is -1.94. The zero-order valence-electron chi connectivity index (χ0n) is 11.3. The van der Waals surface area contributed by atoms with Crippen LogP contribution < -0.4 is 0 Å². The average molecular weight is 317 g/mol. The summed E-state index contributed by atoms with van der Waals surface area (Å²) in [4.78, 5) is 21.9. The van der Waals surface area contributed by atoms with Crippen molar-refractivity contribution in [3.63, 3.8) is 0 Å². The molecule has 0 aliphatic carbocycles. The topological polar surface area (TPSA) is 119 Å². The van der Waals surface area contributed by atoms with Crippen molar-refractivity contribution in [2.24, 2.45) is 5.92 Å². The van der Waals surface area contributed by atoms with Gasteiger partial charge in [-0.1, -0.05) is 0 Å². The molecule has 9 nitrogen and oxygen atoms in total. The van der Waals surface area contributed by atoms with Gasteiger partial charge in [-0.25, -0.2) is 8.42 Å². The maximum absolute atomic E-state index is 12.4. The molecule has 1 atom stereocenters. The normalized spacial score (nSPS) is 19.6. The molecular formula is C11H15N3O6S. The first-order valence-electron chi connectivity index (χ1n) is 6.17. The first-order chi connectivity index (χ1) is 9.84. The molecule has 2 rings (SSSR count). The van der Waals surface area contributed by atoms with Crippen LogP contribution in [0.3, 0.4) is 0 Å². The Morgan fingerprint density at radius 3 is 2.86 bits per heavy atom. The molecule has 0 aromatic carbocycles. The molecule has 21 heavy (non-hydrogen) atoms. The number of aliphatic carboxylic acids is 1. The van der Waals surface area contributed by atoms with Crippen molar-refractivity contribution in [3.05, 3.63) is 12.4 Å². The summed E-state index contributed by atoms with van der Waals surface area (Å²) >= 11 is 0. The van der Waals surface area contributed by atoms with Crippen LogP contribution in [0, 0.1) is 5.92 Å². The fourth-order valence-electron chi connectivity index (χ4n) is 2.16. The lowest BCUT2D eigenvalue weighted by Crippen LogP contribution is -2.30. The summed E-state index contributed by atoms with van der Waals surface area (Å²) in [7, 11) is -2.52. The lowest BCUT2D eigenvalue weighted by molar-refractivity contribution is -0.144. The molecule has 1 aliphatic rings. The van der Waals surface area contributed by atoms with Gasteiger partial charge in [0.25, 0.3) is 0 Å². The van der Waals surface area contributed by atoms with E-state index in [9.17, 15) is 18.0 Å². The van der Waals surface area contributed by atoms with Crippen LogP contribution in [0.25, 0.3) is 0 Å². The Bertz CT molecular complexity index is 653. The highest BCUT2D eigenvalue weighted by Gasteiger charge is 2.36. The van der Waals surface area contributed by atoms with Crippen molar-refractivity contribution in [1.29, 1.82) is 0 Å². The maximum atomic E-state index is 12.4. The molecular weight excluding hydrogens is 302 g/mol. The summed E-state index contributed by atoms with van der Waals surface area (Å²) in [6.07, 6.45) is 2.66. The molecule has 1 aromatic heterocycles. The van der Waals surface area contributed by atoms with Crippen molar-refractivity contribution >= 4 is 22.0 Å². The summed E-state index contributed by atoms with van der Waals surface area (Å²) in [5, 5.41) is 12.3. The number of aromatic nitrogens is 2. The number of carbonyl (C=O) groups excluding carboxylic acids is 1. The second-order valence-electron chi connectivity index (χ2n) is 4.64. The maximum Gasteiger partial charge on any atom is 0.325 e. The van der Waals surface area contributed by atoms with Gasteiger partial charge in [-0.15, -0.1) is 0 Å². The van der Waals surface area contributed by atoms with Gasteiger partial charge in [-0.05, 0) is 6.42 Å². The van der Waals surface area contributed by atoms with Crippen molar-refractivity contribution in [2.75, 3.05) is 20.2 Å². The van der Waals surface area contributed by atoms with Crippen LogP contribution in [0.4, 0.5) is 0 Å². The number of carbonyl (C=O) groups is 2. The van der Waals surface area contributed by atoms with Gasteiger partial charge in [0.15, 0.2) is 0 Å². The molecule has 0 spiro atoms. The third-order valence-electron chi connectivity index (χ3n) is 3.23. The summed E-state index contributed by atoms with van der Waals surface area (Å²) in [6, 6.07) is 0. The third-order valence-corrected chi connectivity index (χ3v) is 5.05. The van der Waals surface area contributed by atoms with Crippen LogP contribution in [-0.2, 0) is 30.9 Å². The summed E-state index contributed by atoms with van der Waals surface area (Å²) < 4.78 is 31.5. The van der Waals surface area contributed by atoms with Gasteiger partial charge in [0, 0.05) is 19.3 Å². The molecule has 1 aliphatic heterocycles.